The zero-order chi connectivity index (χ0) is 20.7. The maximum absolute atomic E-state index is 13.7. The Balaban J connectivity index is 1.87. The number of nitrogens with zero attached hydrogens (tertiary/aromatic N) is 3. The molecule has 7 heteroatoms. The van der Waals surface area contributed by atoms with Crippen LogP contribution in [0.1, 0.15) is 21.6 Å². The minimum Gasteiger partial charge on any atom is -0.481 e. The number of methoxy groups -OCH3 is 1. The fraction of sp³-hybridized carbons (Fsp3) is 0.182. The van der Waals surface area contributed by atoms with Crippen LogP contribution in [0.25, 0.3) is 0 Å². The van der Waals surface area contributed by atoms with Crippen LogP contribution in [0.15, 0.2) is 53.0 Å². The van der Waals surface area contributed by atoms with Crippen LogP contribution in [-0.2, 0) is 0 Å². The third kappa shape index (κ3) is 3.46. The quantitative estimate of drug-likeness (QED) is 0.532. The number of ether oxygens (including phenoxy) is 1. The Morgan fingerprint density at radius 2 is 1.76 bits per heavy atom. The van der Waals surface area contributed by atoms with E-state index in [0.717, 1.165) is 21.4 Å². The van der Waals surface area contributed by atoms with Gasteiger partial charge in [-0.15, -0.1) is 0 Å². The van der Waals surface area contributed by atoms with Crippen molar-refractivity contribution in [2.45, 2.75) is 13.8 Å². The van der Waals surface area contributed by atoms with Crippen LogP contribution in [-0.4, -0.2) is 24.7 Å². The van der Waals surface area contributed by atoms with Crippen molar-refractivity contribution in [3.8, 4) is 5.88 Å². The lowest BCUT2D eigenvalue weighted by molar-refractivity contribution is 0.0983. The summed E-state index contributed by atoms with van der Waals surface area (Å²) in [6.45, 7) is 3.98. The summed E-state index contributed by atoms with van der Waals surface area (Å²) in [6, 6.07) is 13.8. The highest BCUT2D eigenvalue weighted by molar-refractivity contribution is 9.10. The van der Waals surface area contributed by atoms with E-state index in [1.54, 1.807) is 30.2 Å². The molecule has 0 atom stereocenters. The first kappa shape index (κ1) is 19.4. The van der Waals surface area contributed by atoms with E-state index in [2.05, 4.69) is 20.9 Å². The normalized spacial score (nSPS) is 13.5. The van der Waals surface area contributed by atoms with Crippen molar-refractivity contribution in [3.63, 3.8) is 0 Å². The van der Waals surface area contributed by atoms with Crippen LogP contribution in [0.2, 0.25) is 0 Å². The van der Waals surface area contributed by atoms with Crippen molar-refractivity contribution in [2.24, 2.45) is 0 Å². The zero-order valence-electron chi connectivity index (χ0n) is 16.2. The third-order valence-electron chi connectivity index (χ3n) is 4.99. The van der Waals surface area contributed by atoms with Gasteiger partial charge < -0.3 is 9.64 Å². The van der Waals surface area contributed by atoms with Crippen LogP contribution in [0.5, 0.6) is 5.88 Å². The maximum Gasteiger partial charge on any atom is 0.261 e. The number of carbonyl (C=O) groups excluding carboxylic acids is 1. The molecule has 0 saturated heterocycles. The molecule has 0 fully saturated rings. The molecule has 5 nitrogen and oxygen atoms in total. The first-order valence-electron chi connectivity index (χ1n) is 9.06. The number of aromatic nitrogens is 1. The first-order valence-corrected chi connectivity index (χ1v) is 9.85. The lowest BCUT2D eigenvalue weighted by atomic mass is 10.0. The molecule has 0 bridgehead atoms. The predicted octanol–water partition coefficient (Wildman–Crippen LogP) is 5.36. The average Bonchev–Trinajstić information content (AvgIpc) is 2.69. The van der Waals surface area contributed by atoms with Gasteiger partial charge in [-0.3, -0.25) is 9.69 Å². The molecule has 0 aliphatic carbocycles. The SMILES string of the molecule is COc1ccc(N2CN(c3ccc(F)cc3C)c3cc(Br)ccc3C2=O)c(C)n1. The van der Waals surface area contributed by atoms with Gasteiger partial charge in [0.25, 0.3) is 5.91 Å². The number of halogens is 2. The first-order chi connectivity index (χ1) is 13.9. The summed E-state index contributed by atoms with van der Waals surface area (Å²) in [5.74, 6) is 0.0886. The number of hydrogen-bond donors (Lipinski definition) is 0. The topological polar surface area (TPSA) is 45.7 Å². The van der Waals surface area contributed by atoms with E-state index in [1.807, 2.05) is 36.9 Å². The number of anilines is 3. The van der Waals surface area contributed by atoms with Gasteiger partial charge >= 0.3 is 0 Å². The molecule has 148 valence electrons. The number of amides is 1. The molecule has 1 aliphatic heterocycles. The van der Waals surface area contributed by atoms with Crippen molar-refractivity contribution in [2.75, 3.05) is 23.6 Å². The molecule has 2 heterocycles. The molecule has 1 amide bonds. The van der Waals surface area contributed by atoms with E-state index in [0.29, 0.717) is 22.8 Å². The Morgan fingerprint density at radius 1 is 1.00 bits per heavy atom. The highest BCUT2D eigenvalue weighted by Crippen LogP contribution is 2.39. The van der Waals surface area contributed by atoms with Gasteiger partial charge in [0.2, 0.25) is 5.88 Å². The summed E-state index contributed by atoms with van der Waals surface area (Å²) < 4.78 is 19.7. The number of benzene rings is 2. The van der Waals surface area contributed by atoms with Crippen LogP contribution < -0.4 is 14.5 Å². The van der Waals surface area contributed by atoms with E-state index >= 15 is 0 Å². The minimum absolute atomic E-state index is 0.112. The van der Waals surface area contributed by atoms with Crippen molar-refractivity contribution < 1.29 is 13.9 Å². The minimum atomic E-state index is -0.291. The molecule has 0 unspecified atom stereocenters. The van der Waals surface area contributed by atoms with E-state index in [9.17, 15) is 9.18 Å². The summed E-state index contributed by atoms with van der Waals surface area (Å²) in [5.41, 5.74) is 4.35. The molecule has 0 saturated carbocycles. The van der Waals surface area contributed by atoms with Gasteiger partial charge in [-0.05, 0) is 61.9 Å². The van der Waals surface area contributed by atoms with E-state index < -0.39 is 0 Å². The summed E-state index contributed by atoms with van der Waals surface area (Å²) >= 11 is 3.49. The number of rotatable bonds is 3. The number of aryl methyl sites for hydroxylation is 2. The molecule has 2 aromatic carbocycles. The molecule has 1 aromatic heterocycles. The van der Waals surface area contributed by atoms with Crippen LogP contribution in [0.4, 0.5) is 21.5 Å². The molecule has 0 N–H and O–H groups in total. The summed E-state index contributed by atoms with van der Waals surface area (Å²) in [4.78, 5) is 21.4. The van der Waals surface area contributed by atoms with Gasteiger partial charge in [-0.1, -0.05) is 15.9 Å². The number of carbonyl (C=O) groups is 1. The highest BCUT2D eigenvalue weighted by Gasteiger charge is 2.32. The fourth-order valence-electron chi connectivity index (χ4n) is 3.58. The molecule has 0 radical (unpaired) electrons. The fourth-order valence-corrected chi connectivity index (χ4v) is 3.93. The Morgan fingerprint density at radius 3 is 2.45 bits per heavy atom. The lowest BCUT2D eigenvalue weighted by Gasteiger charge is -2.39. The second kappa shape index (κ2) is 7.48. The summed E-state index contributed by atoms with van der Waals surface area (Å²) in [7, 11) is 1.56. The Labute approximate surface area is 176 Å². The number of fused-ring (bicyclic) bond motifs is 1. The zero-order valence-corrected chi connectivity index (χ0v) is 17.8. The highest BCUT2D eigenvalue weighted by atomic mass is 79.9. The maximum atomic E-state index is 13.7. The summed E-state index contributed by atoms with van der Waals surface area (Å²) in [6.07, 6.45) is 0. The molecular formula is C22H19BrFN3O2. The molecule has 0 spiro atoms. The number of pyridine rings is 1. The Bertz CT molecular complexity index is 1120. The second-order valence-electron chi connectivity index (χ2n) is 6.85. The Kier molecular flexibility index (Phi) is 5.00. The standard InChI is InChI=1S/C22H19BrFN3O2/c1-13-10-16(24)5-7-18(13)26-12-27(19-8-9-21(29-3)25-14(19)2)22(28)17-6-4-15(23)11-20(17)26/h4-11H,12H2,1-3H3. The molecule has 1 aliphatic rings. The third-order valence-corrected chi connectivity index (χ3v) is 5.48. The van der Waals surface area contributed by atoms with Crippen molar-refractivity contribution in [1.82, 2.24) is 4.98 Å². The van der Waals surface area contributed by atoms with E-state index in [-0.39, 0.29) is 18.4 Å². The predicted molar refractivity (Wildman–Crippen MR) is 115 cm³/mol. The number of hydrogen-bond acceptors (Lipinski definition) is 4. The van der Waals surface area contributed by atoms with Gasteiger partial charge in [-0.25, -0.2) is 9.37 Å². The largest absolute Gasteiger partial charge is 0.481 e. The summed E-state index contributed by atoms with van der Waals surface area (Å²) in [5, 5.41) is 0. The average molecular weight is 456 g/mol. The van der Waals surface area contributed by atoms with Crippen molar-refractivity contribution >= 4 is 38.9 Å². The van der Waals surface area contributed by atoms with E-state index in [4.69, 9.17) is 4.74 Å². The van der Waals surface area contributed by atoms with Gasteiger partial charge in [0, 0.05) is 16.2 Å². The molecular weight excluding hydrogens is 437 g/mol. The molecule has 4 rings (SSSR count). The molecule has 29 heavy (non-hydrogen) atoms. The van der Waals surface area contributed by atoms with Crippen LogP contribution >= 0.6 is 15.9 Å². The Hall–Kier alpha value is -2.93. The smallest absolute Gasteiger partial charge is 0.261 e. The monoisotopic (exact) mass is 455 g/mol. The van der Waals surface area contributed by atoms with Gasteiger partial charge in [0.05, 0.1) is 29.7 Å². The van der Waals surface area contributed by atoms with Gasteiger partial charge in [-0.2, -0.15) is 0 Å². The van der Waals surface area contributed by atoms with Crippen molar-refractivity contribution in [3.05, 3.63) is 75.6 Å². The lowest BCUT2D eigenvalue weighted by Crippen LogP contribution is -2.45. The van der Waals surface area contributed by atoms with Gasteiger partial charge in [0.1, 0.15) is 12.5 Å². The van der Waals surface area contributed by atoms with Gasteiger partial charge in [0.15, 0.2) is 0 Å². The van der Waals surface area contributed by atoms with E-state index in [1.165, 1.54) is 12.1 Å². The van der Waals surface area contributed by atoms with Crippen LogP contribution in [0, 0.1) is 19.7 Å². The van der Waals surface area contributed by atoms with Crippen LogP contribution in [0.3, 0.4) is 0 Å². The second-order valence-corrected chi connectivity index (χ2v) is 7.77. The molecule has 3 aromatic rings. The van der Waals surface area contributed by atoms with Crippen molar-refractivity contribution in [1.29, 1.82) is 0 Å².